The van der Waals surface area contributed by atoms with Gasteiger partial charge in [-0.2, -0.15) is 0 Å². The number of nitrogens with zero attached hydrogens (tertiary/aromatic N) is 2. The molecule has 0 radical (unpaired) electrons. The van der Waals surface area contributed by atoms with E-state index < -0.39 is 28.5 Å². The number of nitrogens with one attached hydrogen (secondary N) is 1. The summed E-state index contributed by atoms with van der Waals surface area (Å²) in [6.07, 6.45) is 1.02. The minimum atomic E-state index is -4.27. The fourth-order valence-electron chi connectivity index (χ4n) is 4.18. The van der Waals surface area contributed by atoms with Crippen molar-refractivity contribution in [3.8, 4) is 0 Å². The first-order valence-electron chi connectivity index (χ1n) is 13.3. The van der Waals surface area contributed by atoms with Crippen LogP contribution in [0.15, 0.2) is 71.6 Å². The second kappa shape index (κ2) is 14.4. The van der Waals surface area contributed by atoms with E-state index in [0.29, 0.717) is 17.9 Å². The van der Waals surface area contributed by atoms with E-state index in [1.54, 1.807) is 49.4 Å². The fourth-order valence-corrected chi connectivity index (χ4v) is 6.18. The number of carbonyl (C=O) groups excluding carboxylic acids is 2. The number of anilines is 1. The first kappa shape index (κ1) is 32.7. The van der Waals surface area contributed by atoms with Crippen LogP contribution in [0, 0.1) is 6.92 Å². The van der Waals surface area contributed by atoms with Crippen LogP contribution in [0.5, 0.6) is 0 Å². The second-order valence-electron chi connectivity index (χ2n) is 9.79. The number of carbonyl (C=O) groups is 2. The average Bonchev–Trinajstić information content (AvgIpc) is 2.94. The van der Waals surface area contributed by atoms with Crippen LogP contribution in [-0.2, 0) is 26.2 Å². The lowest BCUT2D eigenvalue weighted by molar-refractivity contribution is -0.140. The van der Waals surface area contributed by atoms with Gasteiger partial charge in [0.2, 0.25) is 11.8 Å². The summed E-state index contributed by atoms with van der Waals surface area (Å²) in [6.45, 7) is 6.92. The summed E-state index contributed by atoms with van der Waals surface area (Å²) in [7, 11) is -4.27. The predicted molar refractivity (Wildman–Crippen MR) is 166 cm³/mol. The zero-order chi connectivity index (χ0) is 30.3. The van der Waals surface area contributed by atoms with Crippen LogP contribution in [0.2, 0.25) is 15.1 Å². The van der Waals surface area contributed by atoms with Gasteiger partial charge in [0, 0.05) is 17.6 Å². The molecule has 0 aliphatic carbocycles. The van der Waals surface area contributed by atoms with E-state index in [1.165, 1.54) is 29.2 Å². The first-order chi connectivity index (χ1) is 19.4. The van der Waals surface area contributed by atoms with Gasteiger partial charge in [0.1, 0.15) is 12.6 Å². The summed E-state index contributed by atoms with van der Waals surface area (Å²) in [6, 6.07) is 16.8. The molecule has 0 aliphatic rings. The number of amides is 2. The number of hydrogen-bond donors (Lipinski definition) is 1. The highest BCUT2D eigenvalue weighted by Gasteiger charge is 2.35. The van der Waals surface area contributed by atoms with Crippen LogP contribution in [0.3, 0.4) is 0 Å². The van der Waals surface area contributed by atoms with Gasteiger partial charge in [0.15, 0.2) is 0 Å². The van der Waals surface area contributed by atoms with Crippen molar-refractivity contribution in [2.24, 2.45) is 0 Å². The average molecular weight is 639 g/mol. The molecule has 0 aromatic heterocycles. The second-order valence-corrected chi connectivity index (χ2v) is 12.9. The van der Waals surface area contributed by atoms with Gasteiger partial charge >= 0.3 is 0 Å². The maximum atomic E-state index is 14.1. The van der Waals surface area contributed by atoms with Gasteiger partial charge in [-0.3, -0.25) is 13.9 Å². The molecule has 1 N–H and O–H groups in total. The minimum absolute atomic E-state index is 0.0107. The standard InChI is InChI=1S/C30H34Cl3N3O4S/c1-5-21(4)34-30(38)26(6-2)35(18-22-12-14-23(31)15-13-22)28(37)19-36(27-9-7-8-25(32)29(27)33)41(39,40)24-16-10-20(3)11-17-24/h7-17,21,26H,5-6,18-19H2,1-4H3,(H,34,38)/t21-,26+/m1/s1. The van der Waals surface area contributed by atoms with Gasteiger partial charge in [-0.05, 0) is 68.7 Å². The van der Waals surface area contributed by atoms with Crippen molar-refractivity contribution in [3.05, 3.63) is 92.9 Å². The smallest absolute Gasteiger partial charge is 0.264 e. The van der Waals surface area contributed by atoms with Crippen molar-refractivity contribution in [3.63, 3.8) is 0 Å². The molecular weight excluding hydrogens is 605 g/mol. The lowest BCUT2D eigenvalue weighted by Crippen LogP contribution is -2.53. The summed E-state index contributed by atoms with van der Waals surface area (Å²) in [5.74, 6) is -0.907. The highest BCUT2D eigenvalue weighted by Crippen LogP contribution is 2.35. The molecule has 0 saturated carbocycles. The SMILES string of the molecule is CC[C@@H](C)NC(=O)[C@H](CC)N(Cc1ccc(Cl)cc1)C(=O)CN(c1cccc(Cl)c1Cl)S(=O)(=O)c1ccc(C)cc1. The van der Waals surface area contributed by atoms with Crippen molar-refractivity contribution >= 4 is 62.3 Å². The van der Waals surface area contributed by atoms with Crippen molar-refractivity contribution in [1.29, 1.82) is 0 Å². The third-order valence-corrected chi connectivity index (χ3v) is 9.58. The van der Waals surface area contributed by atoms with E-state index in [9.17, 15) is 18.0 Å². The molecule has 3 aromatic carbocycles. The Morgan fingerprint density at radius 3 is 2.12 bits per heavy atom. The zero-order valence-corrected chi connectivity index (χ0v) is 26.5. The number of rotatable bonds is 12. The Labute approximate surface area is 257 Å². The molecule has 0 fully saturated rings. The normalized spacial score (nSPS) is 12.9. The number of benzene rings is 3. The largest absolute Gasteiger partial charge is 0.352 e. The molecule has 2 amide bonds. The lowest BCUT2D eigenvalue weighted by atomic mass is 10.1. The Kier molecular flexibility index (Phi) is 11.5. The lowest BCUT2D eigenvalue weighted by Gasteiger charge is -2.34. The maximum Gasteiger partial charge on any atom is 0.264 e. The Bertz CT molecular complexity index is 1470. The molecule has 3 aromatic rings. The van der Waals surface area contributed by atoms with Crippen molar-refractivity contribution in [2.75, 3.05) is 10.8 Å². The highest BCUT2D eigenvalue weighted by atomic mass is 35.5. The summed E-state index contributed by atoms with van der Waals surface area (Å²) >= 11 is 18.8. The minimum Gasteiger partial charge on any atom is -0.352 e. The molecule has 220 valence electrons. The number of sulfonamides is 1. The topological polar surface area (TPSA) is 86.8 Å². The summed E-state index contributed by atoms with van der Waals surface area (Å²) in [5, 5.41) is 3.60. The van der Waals surface area contributed by atoms with Crippen LogP contribution in [0.4, 0.5) is 5.69 Å². The Hall–Kier alpha value is -2.78. The Morgan fingerprint density at radius 1 is 0.902 bits per heavy atom. The molecule has 41 heavy (non-hydrogen) atoms. The molecule has 0 saturated heterocycles. The van der Waals surface area contributed by atoms with Gasteiger partial charge < -0.3 is 10.2 Å². The van der Waals surface area contributed by atoms with Gasteiger partial charge in [-0.15, -0.1) is 0 Å². The molecule has 11 heteroatoms. The molecular formula is C30H34Cl3N3O4S. The summed E-state index contributed by atoms with van der Waals surface area (Å²) < 4.78 is 28.9. The highest BCUT2D eigenvalue weighted by molar-refractivity contribution is 7.92. The summed E-state index contributed by atoms with van der Waals surface area (Å²) in [4.78, 5) is 28.9. The molecule has 0 heterocycles. The molecule has 0 spiro atoms. The first-order valence-corrected chi connectivity index (χ1v) is 15.8. The van der Waals surface area contributed by atoms with Crippen molar-refractivity contribution in [2.45, 2.75) is 64.1 Å². The molecule has 0 bridgehead atoms. The number of halogens is 3. The molecule has 0 unspecified atom stereocenters. The predicted octanol–water partition coefficient (Wildman–Crippen LogP) is 6.87. The third kappa shape index (κ3) is 8.16. The van der Waals surface area contributed by atoms with Crippen LogP contribution in [0.25, 0.3) is 0 Å². The number of hydrogen-bond acceptors (Lipinski definition) is 4. The van der Waals surface area contributed by atoms with Crippen LogP contribution in [-0.4, -0.2) is 43.8 Å². The third-order valence-electron chi connectivity index (χ3n) is 6.74. The van der Waals surface area contributed by atoms with Gasteiger partial charge in [0.25, 0.3) is 10.0 Å². The van der Waals surface area contributed by atoms with E-state index in [4.69, 9.17) is 34.8 Å². The maximum absolute atomic E-state index is 14.1. The van der Waals surface area contributed by atoms with Gasteiger partial charge in [-0.25, -0.2) is 8.42 Å². The number of aryl methyl sites for hydroxylation is 1. The van der Waals surface area contributed by atoms with E-state index in [1.807, 2.05) is 20.8 Å². The van der Waals surface area contributed by atoms with E-state index >= 15 is 0 Å². The van der Waals surface area contributed by atoms with Gasteiger partial charge in [0.05, 0.1) is 20.6 Å². The summed E-state index contributed by atoms with van der Waals surface area (Å²) in [5.41, 5.74) is 1.66. The molecule has 2 atom stereocenters. The Balaban J connectivity index is 2.10. The van der Waals surface area contributed by atoms with Crippen molar-refractivity contribution < 1.29 is 18.0 Å². The van der Waals surface area contributed by atoms with Gasteiger partial charge in [-0.1, -0.05) is 84.5 Å². The zero-order valence-electron chi connectivity index (χ0n) is 23.4. The van der Waals surface area contributed by atoms with E-state index in [-0.39, 0.29) is 39.1 Å². The van der Waals surface area contributed by atoms with E-state index in [2.05, 4.69) is 5.32 Å². The quantitative estimate of drug-likeness (QED) is 0.235. The molecule has 3 rings (SSSR count). The van der Waals surface area contributed by atoms with Crippen LogP contribution in [0.1, 0.15) is 44.7 Å². The van der Waals surface area contributed by atoms with Crippen LogP contribution >= 0.6 is 34.8 Å². The fraction of sp³-hybridized carbons (Fsp3) is 0.333. The van der Waals surface area contributed by atoms with Crippen LogP contribution < -0.4 is 9.62 Å². The monoisotopic (exact) mass is 637 g/mol. The molecule has 7 nitrogen and oxygen atoms in total. The molecule has 0 aliphatic heterocycles. The van der Waals surface area contributed by atoms with Crippen molar-refractivity contribution in [1.82, 2.24) is 10.2 Å². The van der Waals surface area contributed by atoms with E-state index in [0.717, 1.165) is 15.4 Å². The Morgan fingerprint density at radius 2 is 1.54 bits per heavy atom.